The van der Waals surface area contributed by atoms with Crippen LogP contribution < -0.4 is 5.56 Å². The molecule has 0 radical (unpaired) electrons. The minimum absolute atomic E-state index is 0.126. The fourth-order valence-electron chi connectivity index (χ4n) is 3.36. The van der Waals surface area contributed by atoms with Crippen LogP contribution in [0.1, 0.15) is 36.0 Å². The number of nitrogens with zero attached hydrogens (tertiary/aromatic N) is 1. The minimum atomic E-state index is -0.806. The van der Waals surface area contributed by atoms with Gasteiger partial charge in [-0.15, -0.1) is 0 Å². The van der Waals surface area contributed by atoms with Crippen molar-refractivity contribution in [3.63, 3.8) is 0 Å². The number of carbonyl (C=O) groups is 2. The third-order valence-electron chi connectivity index (χ3n) is 4.55. The molecule has 1 fully saturated rings. The highest BCUT2D eigenvalue weighted by Crippen LogP contribution is 2.24. The highest BCUT2D eigenvalue weighted by molar-refractivity contribution is 6.05. The number of carboxylic acid groups (broad SMARTS) is 1. The predicted molar refractivity (Wildman–Crippen MR) is 90.1 cm³/mol. The van der Waals surface area contributed by atoms with Crippen LogP contribution in [0.3, 0.4) is 0 Å². The van der Waals surface area contributed by atoms with Crippen molar-refractivity contribution in [3.05, 3.63) is 46.2 Å². The second-order valence-corrected chi connectivity index (χ2v) is 6.28. The lowest BCUT2D eigenvalue weighted by Gasteiger charge is -2.33. The molecule has 0 saturated carbocycles. The van der Waals surface area contributed by atoms with Gasteiger partial charge in [-0.2, -0.15) is 0 Å². The van der Waals surface area contributed by atoms with Crippen LogP contribution in [0.5, 0.6) is 0 Å². The van der Waals surface area contributed by atoms with Crippen LogP contribution in [0, 0.1) is 5.92 Å². The maximum atomic E-state index is 12.9. The number of hydrogen-bond donors (Lipinski definition) is 2. The molecule has 0 aliphatic carbocycles. The third kappa shape index (κ3) is 3.48. The summed E-state index contributed by atoms with van der Waals surface area (Å²) in [5.41, 5.74) is 0.762. The normalized spacial score (nSPS) is 17.8. The Hall–Kier alpha value is -2.63. The molecular formula is C18H20N2O4. The first-order valence-electron chi connectivity index (χ1n) is 8.18. The molecule has 126 valence electrons. The van der Waals surface area contributed by atoms with Crippen molar-refractivity contribution in [2.75, 3.05) is 13.1 Å². The zero-order valence-corrected chi connectivity index (χ0v) is 13.3. The fraction of sp³-hybridized carbons (Fsp3) is 0.389. The number of fused-ring (bicyclic) bond motifs is 1. The van der Waals surface area contributed by atoms with Gasteiger partial charge in [-0.25, -0.2) is 0 Å². The molecule has 1 aliphatic heterocycles. The Kier molecular flexibility index (Phi) is 4.64. The molecule has 3 rings (SSSR count). The summed E-state index contributed by atoms with van der Waals surface area (Å²) in [7, 11) is 0. The van der Waals surface area contributed by atoms with E-state index < -0.39 is 5.97 Å². The molecule has 24 heavy (non-hydrogen) atoms. The third-order valence-corrected chi connectivity index (χ3v) is 4.55. The summed E-state index contributed by atoms with van der Waals surface area (Å²) >= 11 is 0. The van der Waals surface area contributed by atoms with Gasteiger partial charge >= 0.3 is 5.97 Å². The summed E-state index contributed by atoms with van der Waals surface area (Å²) in [5, 5.41) is 9.56. The maximum absolute atomic E-state index is 12.9. The highest BCUT2D eigenvalue weighted by atomic mass is 16.4. The van der Waals surface area contributed by atoms with E-state index in [1.807, 2.05) is 18.2 Å². The number of pyridine rings is 1. The molecule has 1 aliphatic rings. The summed E-state index contributed by atoms with van der Waals surface area (Å²) in [6.45, 7) is 1.19. The summed E-state index contributed by atoms with van der Waals surface area (Å²) in [5.74, 6) is -0.761. The van der Waals surface area contributed by atoms with Crippen molar-refractivity contribution in [2.45, 2.75) is 25.7 Å². The molecule has 0 unspecified atom stereocenters. The number of aromatic amines is 1. The van der Waals surface area contributed by atoms with E-state index in [2.05, 4.69) is 4.98 Å². The molecule has 1 aromatic heterocycles. The zero-order chi connectivity index (χ0) is 17.1. The summed E-state index contributed by atoms with van der Waals surface area (Å²) in [6.07, 6.45) is 2.50. The van der Waals surface area contributed by atoms with Gasteiger partial charge in [-0.1, -0.05) is 18.2 Å². The number of hydrogen-bond acceptors (Lipinski definition) is 3. The Morgan fingerprint density at radius 2 is 2.08 bits per heavy atom. The number of aliphatic carboxylic acids is 1. The number of piperidine rings is 1. The maximum Gasteiger partial charge on any atom is 0.303 e. The van der Waals surface area contributed by atoms with E-state index in [0.717, 1.165) is 18.2 Å². The molecule has 0 spiro atoms. The number of nitrogens with one attached hydrogen (secondary N) is 1. The molecule has 2 N–H and O–H groups in total. The molecule has 1 atom stereocenters. The van der Waals surface area contributed by atoms with E-state index in [1.54, 1.807) is 11.0 Å². The number of H-pyrrole nitrogens is 1. The lowest BCUT2D eigenvalue weighted by Crippen LogP contribution is -2.40. The molecule has 1 amide bonds. The number of likely N-dealkylation sites (tertiary alicyclic amines) is 1. The van der Waals surface area contributed by atoms with Gasteiger partial charge in [0.15, 0.2) is 0 Å². The van der Waals surface area contributed by atoms with Crippen molar-refractivity contribution < 1.29 is 14.7 Å². The van der Waals surface area contributed by atoms with Gasteiger partial charge in [0.2, 0.25) is 5.56 Å². The van der Waals surface area contributed by atoms with E-state index in [9.17, 15) is 14.4 Å². The monoisotopic (exact) mass is 328 g/mol. The van der Waals surface area contributed by atoms with Crippen molar-refractivity contribution in [1.82, 2.24) is 9.88 Å². The summed E-state index contributed by atoms with van der Waals surface area (Å²) < 4.78 is 0. The van der Waals surface area contributed by atoms with E-state index in [-0.39, 0.29) is 23.8 Å². The Labute approximate surface area is 139 Å². The van der Waals surface area contributed by atoms with Crippen LogP contribution >= 0.6 is 0 Å². The van der Waals surface area contributed by atoms with Crippen LogP contribution in [0.2, 0.25) is 0 Å². The average molecular weight is 328 g/mol. The number of carbonyl (C=O) groups excluding carboxylic acids is 1. The van der Waals surface area contributed by atoms with Gasteiger partial charge in [0.05, 0.1) is 5.56 Å². The first kappa shape index (κ1) is 16.2. The number of carboxylic acids is 1. The molecule has 6 heteroatoms. The Morgan fingerprint density at radius 1 is 1.29 bits per heavy atom. The van der Waals surface area contributed by atoms with Gasteiger partial charge < -0.3 is 15.0 Å². The zero-order valence-electron chi connectivity index (χ0n) is 13.3. The number of amides is 1. The number of aromatic nitrogens is 1. The minimum Gasteiger partial charge on any atom is -0.481 e. The fourth-order valence-corrected chi connectivity index (χ4v) is 3.36. The lowest BCUT2D eigenvalue weighted by atomic mass is 9.93. The Morgan fingerprint density at radius 3 is 2.88 bits per heavy atom. The van der Waals surface area contributed by atoms with Crippen molar-refractivity contribution in [1.29, 1.82) is 0 Å². The summed E-state index contributed by atoms with van der Waals surface area (Å²) in [6, 6.07) is 8.61. The first-order valence-corrected chi connectivity index (χ1v) is 8.18. The molecule has 1 saturated heterocycles. The molecule has 2 aromatic rings. The largest absolute Gasteiger partial charge is 0.481 e. The van der Waals surface area contributed by atoms with Crippen molar-refractivity contribution in [3.8, 4) is 0 Å². The SMILES string of the molecule is O=C(O)CC[C@H]1CCCN(C(=O)c2cc(=O)[nH]c3ccccc23)C1. The summed E-state index contributed by atoms with van der Waals surface area (Å²) in [4.78, 5) is 40.0. The standard InChI is InChI=1S/C18H20N2O4/c21-16-10-14(13-5-1-2-6-15(13)19-16)18(24)20-9-3-4-12(11-20)7-8-17(22)23/h1-2,5-6,10,12H,3-4,7-9,11H2,(H,19,21)(H,22,23)/t12-/m1/s1. The molecule has 2 heterocycles. The van der Waals surface area contributed by atoms with Crippen LogP contribution in [-0.2, 0) is 4.79 Å². The predicted octanol–water partition coefficient (Wildman–Crippen LogP) is 2.25. The Bertz CT molecular complexity index is 827. The highest BCUT2D eigenvalue weighted by Gasteiger charge is 2.26. The average Bonchev–Trinajstić information content (AvgIpc) is 2.58. The second-order valence-electron chi connectivity index (χ2n) is 6.28. The van der Waals surface area contributed by atoms with Gasteiger partial charge in [0, 0.05) is 36.5 Å². The van der Waals surface area contributed by atoms with Gasteiger partial charge in [0.25, 0.3) is 5.91 Å². The quantitative estimate of drug-likeness (QED) is 0.900. The smallest absolute Gasteiger partial charge is 0.303 e. The van der Waals surface area contributed by atoms with Crippen molar-refractivity contribution in [2.24, 2.45) is 5.92 Å². The first-order chi connectivity index (χ1) is 11.5. The molecule has 6 nitrogen and oxygen atoms in total. The number of benzene rings is 1. The molecule has 0 bridgehead atoms. The lowest BCUT2D eigenvalue weighted by molar-refractivity contribution is -0.137. The molecular weight excluding hydrogens is 308 g/mol. The second kappa shape index (κ2) is 6.86. The van der Waals surface area contributed by atoms with Crippen LogP contribution in [0.4, 0.5) is 0 Å². The number of para-hydroxylation sites is 1. The van der Waals surface area contributed by atoms with Crippen LogP contribution in [0.15, 0.2) is 35.1 Å². The Balaban J connectivity index is 1.84. The van der Waals surface area contributed by atoms with E-state index in [4.69, 9.17) is 5.11 Å². The van der Waals surface area contributed by atoms with Gasteiger partial charge in [-0.05, 0) is 31.2 Å². The van der Waals surface area contributed by atoms with E-state index in [0.29, 0.717) is 30.6 Å². The molecule has 1 aromatic carbocycles. The van der Waals surface area contributed by atoms with Gasteiger partial charge in [-0.3, -0.25) is 14.4 Å². The van der Waals surface area contributed by atoms with Crippen LogP contribution in [0.25, 0.3) is 10.9 Å². The number of rotatable bonds is 4. The van der Waals surface area contributed by atoms with Crippen molar-refractivity contribution >= 4 is 22.8 Å². The van der Waals surface area contributed by atoms with E-state index in [1.165, 1.54) is 6.07 Å². The van der Waals surface area contributed by atoms with Gasteiger partial charge in [0.1, 0.15) is 0 Å². The van der Waals surface area contributed by atoms with Crippen LogP contribution in [-0.4, -0.2) is 40.0 Å². The van der Waals surface area contributed by atoms with E-state index >= 15 is 0 Å². The topological polar surface area (TPSA) is 90.5 Å².